The Kier molecular flexibility index (Phi) is 2.54. The summed E-state index contributed by atoms with van der Waals surface area (Å²) in [5.74, 6) is 0.449. The van der Waals surface area contributed by atoms with Crippen molar-refractivity contribution in [3.63, 3.8) is 0 Å². The van der Waals surface area contributed by atoms with Crippen molar-refractivity contribution in [2.45, 2.75) is 13.3 Å². The van der Waals surface area contributed by atoms with E-state index in [0.29, 0.717) is 12.2 Å². The molecule has 1 aromatic heterocycles. The SMILES string of the molecule is CCC(=O)Nc1cccnn1. The van der Waals surface area contributed by atoms with Gasteiger partial charge in [0.05, 0.1) is 0 Å². The van der Waals surface area contributed by atoms with E-state index in [1.807, 2.05) is 0 Å². The van der Waals surface area contributed by atoms with Crippen LogP contribution in [-0.4, -0.2) is 16.1 Å². The summed E-state index contributed by atoms with van der Waals surface area (Å²) in [5.41, 5.74) is 0. The molecule has 0 unspecified atom stereocenters. The van der Waals surface area contributed by atoms with Gasteiger partial charge in [0.15, 0.2) is 5.82 Å². The molecule has 1 N–H and O–H groups in total. The lowest BCUT2D eigenvalue weighted by molar-refractivity contribution is -0.115. The van der Waals surface area contributed by atoms with Crippen LogP contribution in [0.3, 0.4) is 0 Å². The van der Waals surface area contributed by atoms with Crippen molar-refractivity contribution < 1.29 is 4.79 Å². The van der Waals surface area contributed by atoms with Gasteiger partial charge in [0.1, 0.15) is 0 Å². The van der Waals surface area contributed by atoms with Crippen molar-refractivity contribution in [1.82, 2.24) is 10.2 Å². The van der Waals surface area contributed by atoms with Crippen LogP contribution in [0.25, 0.3) is 0 Å². The summed E-state index contributed by atoms with van der Waals surface area (Å²) >= 11 is 0. The quantitative estimate of drug-likeness (QED) is 0.681. The molecule has 58 valence electrons. The smallest absolute Gasteiger partial charge is 0.225 e. The van der Waals surface area contributed by atoms with E-state index in [0.717, 1.165) is 0 Å². The van der Waals surface area contributed by atoms with Crippen LogP contribution in [0.4, 0.5) is 5.82 Å². The average molecular weight is 151 g/mol. The van der Waals surface area contributed by atoms with Gasteiger partial charge in [-0.05, 0) is 12.1 Å². The minimum absolute atomic E-state index is 0.0505. The summed E-state index contributed by atoms with van der Waals surface area (Å²) in [6, 6.07) is 3.42. The molecule has 1 amide bonds. The summed E-state index contributed by atoms with van der Waals surface area (Å²) in [4.78, 5) is 10.8. The number of carbonyl (C=O) groups is 1. The van der Waals surface area contributed by atoms with Crippen molar-refractivity contribution >= 4 is 11.7 Å². The zero-order valence-corrected chi connectivity index (χ0v) is 6.24. The molecule has 0 bridgehead atoms. The van der Waals surface area contributed by atoms with Crippen molar-refractivity contribution in [2.24, 2.45) is 0 Å². The van der Waals surface area contributed by atoms with E-state index < -0.39 is 0 Å². The van der Waals surface area contributed by atoms with Crippen LogP contribution < -0.4 is 5.32 Å². The highest BCUT2D eigenvalue weighted by Gasteiger charge is 1.97. The predicted molar refractivity (Wildman–Crippen MR) is 41.0 cm³/mol. The van der Waals surface area contributed by atoms with Crippen LogP contribution in [0.15, 0.2) is 18.3 Å². The monoisotopic (exact) mass is 151 g/mol. The molecule has 0 fully saturated rings. The molecule has 1 rings (SSSR count). The summed E-state index contributed by atoms with van der Waals surface area (Å²) < 4.78 is 0. The van der Waals surface area contributed by atoms with E-state index in [1.54, 1.807) is 25.3 Å². The summed E-state index contributed by atoms with van der Waals surface area (Å²) in [5, 5.41) is 9.87. The minimum atomic E-state index is -0.0505. The van der Waals surface area contributed by atoms with Crippen LogP contribution in [-0.2, 0) is 4.79 Å². The van der Waals surface area contributed by atoms with Crippen LogP contribution in [0.1, 0.15) is 13.3 Å². The first-order chi connectivity index (χ1) is 5.33. The van der Waals surface area contributed by atoms with Gasteiger partial charge in [-0.15, -0.1) is 5.10 Å². The number of anilines is 1. The maximum absolute atomic E-state index is 10.8. The maximum Gasteiger partial charge on any atom is 0.225 e. The first-order valence-corrected chi connectivity index (χ1v) is 3.40. The highest BCUT2D eigenvalue weighted by Crippen LogP contribution is 1.97. The second kappa shape index (κ2) is 3.65. The van der Waals surface area contributed by atoms with Gasteiger partial charge in [0, 0.05) is 12.6 Å². The Hall–Kier alpha value is -1.45. The van der Waals surface area contributed by atoms with Crippen LogP contribution in [0, 0.1) is 0 Å². The van der Waals surface area contributed by atoms with E-state index in [4.69, 9.17) is 0 Å². The standard InChI is InChI=1S/C7H9N3O/c1-2-7(11)9-6-4-3-5-8-10-6/h3-5H,2H2,1H3,(H,9,10,11). The fraction of sp³-hybridized carbons (Fsp3) is 0.286. The number of nitrogens with zero attached hydrogens (tertiary/aromatic N) is 2. The fourth-order valence-electron chi connectivity index (χ4n) is 0.599. The summed E-state index contributed by atoms with van der Waals surface area (Å²) in [6.07, 6.45) is 2.01. The highest BCUT2D eigenvalue weighted by atomic mass is 16.1. The van der Waals surface area contributed by atoms with Crippen LogP contribution >= 0.6 is 0 Å². The third-order valence-electron chi connectivity index (χ3n) is 1.16. The molecular weight excluding hydrogens is 142 g/mol. The lowest BCUT2D eigenvalue weighted by atomic mass is 10.4. The van der Waals surface area contributed by atoms with E-state index in [2.05, 4.69) is 15.5 Å². The Morgan fingerprint density at radius 2 is 2.55 bits per heavy atom. The van der Waals surface area contributed by atoms with Crippen molar-refractivity contribution in [2.75, 3.05) is 5.32 Å². The Morgan fingerprint density at radius 3 is 3.09 bits per heavy atom. The normalized spacial score (nSPS) is 9.18. The minimum Gasteiger partial charge on any atom is -0.309 e. The predicted octanol–water partition coefficient (Wildman–Crippen LogP) is 0.825. The first kappa shape index (κ1) is 7.65. The number of hydrogen-bond donors (Lipinski definition) is 1. The third-order valence-corrected chi connectivity index (χ3v) is 1.16. The number of amides is 1. The first-order valence-electron chi connectivity index (χ1n) is 3.40. The molecule has 1 aromatic rings. The van der Waals surface area contributed by atoms with Crippen molar-refractivity contribution in [3.05, 3.63) is 18.3 Å². The Balaban J connectivity index is 2.58. The Bertz CT molecular complexity index is 235. The molecule has 0 saturated carbocycles. The van der Waals surface area contributed by atoms with E-state index in [1.165, 1.54) is 0 Å². The number of rotatable bonds is 2. The average Bonchev–Trinajstić information content (AvgIpc) is 2.06. The largest absolute Gasteiger partial charge is 0.309 e. The van der Waals surface area contributed by atoms with E-state index in [-0.39, 0.29) is 5.91 Å². The molecule has 4 nitrogen and oxygen atoms in total. The number of carbonyl (C=O) groups excluding carboxylic acids is 1. The van der Waals surface area contributed by atoms with Crippen molar-refractivity contribution in [1.29, 1.82) is 0 Å². The number of aromatic nitrogens is 2. The Morgan fingerprint density at radius 1 is 1.73 bits per heavy atom. The Labute approximate surface area is 64.6 Å². The molecule has 0 aliphatic carbocycles. The molecule has 0 atom stereocenters. The third kappa shape index (κ3) is 2.33. The molecule has 0 aromatic carbocycles. The van der Waals surface area contributed by atoms with Gasteiger partial charge in [-0.3, -0.25) is 4.79 Å². The second-order valence-electron chi connectivity index (χ2n) is 2.01. The fourth-order valence-corrected chi connectivity index (χ4v) is 0.599. The van der Waals surface area contributed by atoms with Gasteiger partial charge in [-0.2, -0.15) is 5.10 Å². The number of hydrogen-bond acceptors (Lipinski definition) is 3. The topological polar surface area (TPSA) is 54.9 Å². The lowest BCUT2D eigenvalue weighted by Crippen LogP contribution is -2.10. The van der Waals surface area contributed by atoms with E-state index >= 15 is 0 Å². The number of nitrogens with one attached hydrogen (secondary N) is 1. The zero-order chi connectivity index (χ0) is 8.10. The zero-order valence-electron chi connectivity index (χ0n) is 6.24. The van der Waals surface area contributed by atoms with Gasteiger partial charge < -0.3 is 5.32 Å². The molecule has 1 heterocycles. The molecular formula is C7H9N3O. The molecule has 0 saturated heterocycles. The van der Waals surface area contributed by atoms with Gasteiger partial charge in [-0.1, -0.05) is 6.92 Å². The highest BCUT2D eigenvalue weighted by molar-refractivity contribution is 5.89. The molecule has 4 heteroatoms. The van der Waals surface area contributed by atoms with Crippen molar-refractivity contribution in [3.8, 4) is 0 Å². The van der Waals surface area contributed by atoms with Gasteiger partial charge >= 0.3 is 0 Å². The van der Waals surface area contributed by atoms with Crippen LogP contribution in [0.5, 0.6) is 0 Å². The van der Waals surface area contributed by atoms with E-state index in [9.17, 15) is 4.79 Å². The van der Waals surface area contributed by atoms with Gasteiger partial charge in [0.2, 0.25) is 5.91 Å². The lowest BCUT2D eigenvalue weighted by Gasteiger charge is -1.98. The molecule has 11 heavy (non-hydrogen) atoms. The van der Waals surface area contributed by atoms with Gasteiger partial charge in [0.25, 0.3) is 0 Å². The molecule has 0 radical (unpaired) electrons. The van der Waals surface area contributed by atoms with Gasteiger partial charge in [-0.25, -0.2) is 0 Å². The molecule has 0 spiro atoms. The summed E-state index contributed by atoms with van der Waals surface area (Å²) in [7, 11) is 0. The maximum atomic E-state index is 10.8. The summed E-state index contributed by atoms with van der Waals surface area (Å²) in [6.45, 7) is 1.78. The second-order valence-corrected chi connectivity index (χ2v) is 2.01. The van der Waals surface area contributed by atoms with Crippen LogP contribution in [0.2, 0.25) is 0 Å². The molecule has 0 aliphatic heterocycles. The molecule has 0 aliphatic rings.